The van der Waals surface area contributed by atoms with Crippen LogP contribution in [0.25, 0.3) is 0 Å². The summed E-state index contributed by atoms with van der Waals surface area (Å²) in [4.78, 5) is 11.4. The molecule has 1 fully saturated rings. The SMILES string of the molecule is O=C(CF)c1c(O)c(C2CCCCCC2)c(O)c(F)c1F. The summed E-state index contributed by atoms with van der Waals surface area (Å²) >= 11 is 0. The highest BCUT2D eigenvalue weighted by Gasteiger charge is 2.31. The van der Waals surface area contributed by atoms with E-state index in [2.05, 4.69) is 0 Å². The maximum Gasteiger partial charge on any atom is 0.201 e. The summed E-state index contributed by atoms with van der Waals surface area (Å²) in [7, 11) is 0. The van der Waals surface area contributed by atoms with Gasteiger partial charge in [-0.15, -0.1) is 0 Å². The van der Waals surface area contributed by atoms with E-state index in [1.165, 1.54) is 0 Å². The van der Waals surface area contributed by atoms with E-state index < -0.39 is 41.2 Å². The molecule has 0 aliphatic heterocycles. The zero-order valence-electron chi connectivity index (χ0n) is 11.5. The van der Waals surface area contributed by atoms with Crippen LogP contribution in [-0.2, 0) is 0 Å². The number of ketones is 1. The van der Waals surface area contributed by atoms with E-state index >= 15 is 0 Å². The van der Waals surface area contributed by atoms with Gasteiger partial charge in [0.05, 0.1) is 0 Å². The molecule has 1 aliphatic carbocycles. The van der Waals surface area contributed by atoms with E-state index in [4.69, 9.17) is 0 Å². The summed E-state index contributed by atoms with van der Waals surface area (Å²) < 4.78 is 40.0. The Labute approximate surface area is 120 Å². The molecule has 1 saturated carbocycles. The Kier molecular flexibility index (Phi) is 4.75. The molecule has 0 unspecified atom stereocenters. The van der Waals surface area contributed by atoms with Gasteiger partial charge < -0.3 is 10.2 Å². The summed E-state index contributed by atoms with van der Waals surface area (Å²) in [6, 6.07) is 0. The first kappa shape index (κ1) is 15.7. The molecule has 116 valence electrons. The molecule has 3 nitrogen and oxygen atoms in total. The van der Waals surface area contributed by atoms with Crippen LogP contribution in [0.15, 0.2) is 0 Å². The minimum absolute atomic E-state index is 0.174. The number of rotatable bonds is 3. The number of carbonyl (C=O) groups excluding carboxylic acids is 1. The van der Waals surface area contributed by atoms with Crippen LogP contribution in [-0.4, -0.2) is 22.7 Å². The largest absolute Gasteiger partial charge is 0.507 e. The van der Waals surface area contributed by atoms with Crippen LogP contribution < -0.4 is 0 Å². The fraction of sp³-hybridized carbons (Fsp3) is 0.533. The van der Waals surface area contributed by atoms with Crippen molar-refractivity contribution in [2.24, 2.45) is 0 Å². The third-order valence-corrected chi connectivity index (χ3v) is 4.03. The van der Waals surface area contributed by atoms with Gasteiger partial charge in [-0.3, -0.25) is 4.79 Å². The van der Waals surface area contributed by atoms with Gasteiger partial charge >= 0.3 is 0 Å². The first-order chi connectivity index (χ1) is 9.99. The minimum atomic E-state index is -1.70. The van der Waals surface area contributed by atoms with E-state index in [1.54, 1.807) is 0 Å². The number of phenolic OH excluding ortho intramolecular Hbond substituents is 2. The van der Waals surface area contributed by atoms with Gasteiger partial charge in [0.15, 0.2) is 18.2 Å². The van der Waals surface area contributed by atoms with Crippen LogP contribution in [0.3, 0.4) is 0 Å². The molecule has 0 heterocycles. The van der Waals surface area contributed by atoms with Crippen LogP contribution in [0.5, 0.6) is 11.5 Å². The summed E-state index contributed by atoms with van der Waals surface area (Å²) in [6.07, 6.45) is 4.81. The Bertz CT molecular complexity index is 550. The number of Topliss-reactive ketones (excluding diaryl/α,β-unsaturated/α-hetero) is 1. The normalized spacial score (nSPS) is 16.7. The zero-order valence-corrected chi connectivity index (χ0v) is 11.5. The second-order valence-electron chi connectivity index (χ2n) is 5.36. The molecule has 21 heavy (non-hydrogen) atoms. The number of carbonyl (C=O) groups is 1. The molecule has 0 aromatic heterocycles. The van der Waals surface area contributed by atoms with E-state index in [9.17, 15) is 28.2 Å². The molecular weight excluding hydrogens is 285 g/mol. The van der Waals surface area contributed by atoms with Crippen molar-refractivity contribution in [3.63, 3.8) is 0 Å². The van der Waals surface area contributed by atoms with Gasteiger partial charge in [-0.2, -0.15) is 4.39 Å². The number of phenols is 2. The molecule has 1 aromatic rings. The van der Waals surface area contributed by atoms with Gasteiger partial charge in [-0.1, -0.05) is 25.7 Å². The topological polar surface area (TPSA) is 57.5 Å². The van der Waals surface area contributed by atoms with Crippen molar-refractivity contribution in [3.8, 4) is 11.5 Å². The number of hydrogen-bond acceptors (Lipinski definition) is 3. The van der Waals surface area contributed by atoms with Crippen molar-refractivity contribution in [1.29, 1.82) is 0 Å². The highest BCUT2D eigenvalue weighted by molar-refractivity contribution is 6.00. The number of benzene rings is 1. The minimum Gasteiger partial charge on any atom is -0.507 e. The standard InChI is InChI=1S/C15H17F3O3/c16-7-9(19)11-12(17)13(18)15(21)10(14(11)20)8-5-3-1-2-4-6-8/h8,20-21H,1-7H2. The summed E-state index contributed by atoms with van der Waals surface area (Å²) in [6.45, 7) is -1.54. The van der Waals surface area contributed by atoms with E-state index in [-0.39, 0.29) is 11.5 Å². The molecule has 1 aromatic carbocycles. The van der Waals surface area contributed by atoms with Gasteiger partial charge in [0.25, 0.3) is 0 Å². The monoisotopic (exact) mass is 302 g/mol. The van der Waals surface area contributed by atoms with Crippen molar-refractivity contribution >= 4 is 5.78 Å². The lowest BCUT2D eigenvalue weighted by atomic mass is 9.88. The highest BCUT2D eigenvalue weighted by Crippen LogP contribution is 2.45. The second kappa shape index (κ2) is 6.37. The number of hydrogen-bond donors (Lipinski definition) is 2. The first-order valence-electron chi connectivity index (χ1n) is 7.01. The average molecular weight is 302 g/mol. The predicted molar refractivity (Wildman–Crippen MR) is 70.4 cm³/mol. The fourth-order valence-corrected chi connectivity index (χ4v) is 2.96. The van der Waals surface area contributed by atoms with Gasteiger partial charge in [0.2, 0.25) is 11.6 Å². The van der Waals surface area contributed by atoms with Gasteiger partial charge in [0.1, 0.15) is 11.3 Å². The predicted octanol–water partition coefficient (Wildman–Crippen LogP) is 3.97. The Morgan fingerprint density at radius 1 is 1.00 bits per heavy atom. The van der Waals surface area contributed by atoms with E-state index in [0.717, 1.165) is 25.7 Å². The molecule has 0 saturated heterocycles. The average Bonchev–Trinajstić information content (AvgIpc) is 2.74. The van der Waals surface area contributed by atoms with E-state index in [0.29, 0.717) is 12.8 Å². The molecule has 0 bridgehead atoms. The Hall–Kier alpha value is -1.72. The molecule has 2 N–H and O–H groups in total. The molecule has 2 rings (SSSR count). The van der Waals surface area contributed by atoms with Crippen LogP contribution in [0.4, 0.5) is 13.2 Å². The van der Waals surface area contributed by atoms with Crippen LogP contribution >= 0.6 is 0 Å². The van der Waals surface area contributed by atoms with Crippen LogP contribution in [0, 0.1) is 11.6 Å². The number of alkyl halides is 1. The van der Waals surface area contributed by atoms with Crippen molar-refractivity contribution in [2.45, 2.75) is 44.4 Å². The fourth-order valence-electron chi connectivity index (χ4n) is 2.96. The molecule has 6 heteroatoms. The molecule has 0 radical (unpaired) electrons. The zero-order chi connectivity index (χ0) is 15.6. The smallest absolute Gasteiger partial charge is 0.201 e. The summed E-state index contributed by atoms with van der Waals surface area (Å²) in [5.74, 6) is -6.82. The highest BCUT2D eigenvalue weighted by atomic mass is 19.2. The maximum atomic E-state index is 13.8. The van der Waals surface area contributed by atoms with Crippen molar-refractivity contribution in [2.75, 3.05) is 6.67 Å². The summed E-state index contributed by atoms with van der Waals surface area (Å²) in [5.41, 5.74) is -1.18. The lowest BCUT2D eigenvalue weighted by Gasteiger charge is -2.20. The van der Waals surface area contributed by atoms with Crippen LogP contribution in [0.2, 0.25) is 0 Å². The summed E-state index contributed by atoms with van der Waals surface area (Å²) in [5, 5.41) is 19.9. The molecule has 0 atom stereocenters. The maximum absolute atomic E-state index is 13.8. The Morgan fingerprint density at radius 3 is 2.10 bits per heavy atom. The van der Waals surface area contributed by atoms with Gasteiger partial charge in [0, 0.05) is 5.56 Å². The molecular formula is C15H17F3O3. The van der Waals surface area contributed by atoms with Crippen molar-refractivity contribution < 1.29 is 28.2 Å². The third-order valence-electron chi connectivity index (χ3n) is 4.03. The van der Waals surface area contributed by atoms with Gasteiger partial charge in [-0.05, 0) is 18.8 Å². The Morgan fingerprint density at radius 2 is 1.57 bits per heavy atom. The van der Waals surface area contributed by atoms with Crippen molar-refractivity contribution in [1.82, 2.24) is 0 Å². The van der Waals surface area contributed by atoms with Crippen molar-refractivity contribution in [3.05, 3.63) is 22.8 Å². The molecule has 0 spiro atoms. The molecule has 1 aliphatic rings. The second-order valence-corrected chi connectivity index (χ2v) is 5.36. The lowest BCUT2D eigenvalue weighted by molar-refractivity contribution is 0.0950. The first-order valence-corrected chi connectivity index (χ1v) is 7.01. The molecule has 0 amide bonds. The number of halogens is 3. The van der Waals surface area contributed by atoms with Gasteiger partial charge in [-0.25, -0.2) is 8.78 Å². The van der Waals surface area contributed by atoms with Crippen LogP contribution in [0.1, 0.15) is 60.4 Å². The lowest BCUT2D eigenvalue weighted by Crippen LogP contribution is -2.11. The quantitative estimate of drug-likeness (QED) is 0.656. The third kappa shape index (κ3) is 2.84. The Balaban J connectivity index is 2.59. The van der Waals surface area contributed by atoms with E-state index in [1.807, 2.05) is 0 Å². The number of aromatic hydroxyl groups is 2.